The van der Waals surface area contributed by atoms with Crippen LogP contribution in [0.2, 0.25) is 0 Å². The van der Waals surface area contributed by atoms with Crippen molar-refractivity contribution in [2.45, 2.75) is 19.4 Å². The first kappa shape index (κ1) is 24.2. The van der Waals surface area contributed by atoms with E-state index in [-0.39, 0.29) is 17.7 Å². The summed E-state index contributed by atoms with van der Waals surface area (Å²) in [6.07, 6.45) is 4.99. The zero-order valence-corrected chi connectivity index (χ0v) is 21.4. The van der Waals surface area contributed by atoms with Gasteiger partial charge in [0, 0.05) is 69.8 Å². The van der Waals surface area contributed by atoms with E-state index in [1.807, 2.05) is 69.0 Å². The van der Waals surface area contributed by atoms with Gasteiger partial charge in [-0.05, 0) is 42.7 Å². The fraction of sp³-hybridized carbons (Fsp3) is 0.333. The standard InChI is InChI=1S/C30H32N6O2/c37-29(35-20-18-33(19-21-35)25-10-14-31-15-11-25)24-12-16-34(17-13-24)30(38)28-32-26-8-4-5-9-27(26)36(28)22-23-6-2-1-3-7-23/h1-11,14-15,24H,12-13,16-22H2. The quantitative estimate of drug-likeness (QED) is 0.411. The van der Waals surface area contributed by atoms with Crippen LogP contribution in [0.25, 0.3) is 11.0 Å². The summed E-state index contributed by atoms with van der Waals surface area (Å²) in [5.41, 5.74) is 4.05. The zero-order chi connectivity index (χ0) is 25.9. The largest absolute Gasteiger partial charge is 0.368 e. The number of benzene rings is 2. The fourth-order valence-corrected chi connectivity index (χ4v) is 5.63. The number of hydrogen-bond donors (Lipinski definition) is 0. The first-order chi connectivity index (χ1) is 18.7. The second-order valence-corrected chi connectivity index (χ2v) is 10.1. The van der Waals surface area contributed by atoms with Gasteiger partial charge in [-0.25, -0.2) is 4.98 Å². The molecule has 4 heterocycles. The fourth-order valence-electron chi connectivity index (χ4n) is 5.63. The molecule has 0 spiro atoms. The van der Waals surface area contributed by atoms with Crippen LogP contribution >= 0.6 is 0 Å². The molecule has 2 aromatic carbocycles. The van der Waals surface area contributed by atoms with Gasteiger partial charge >= 0.3 is 0 Å². The van der Waals surface area contributed by atoms with E-state index in [2.05, 4.69) is 22.0 Å². The topological polar surface area (TPSA) is 74.6 Å². The van der Waals surface area contributed by atoms with Crippen LogP contribution in [-0.4, -0.2) is 75.4 Å². The van der Waals surface area contributed by atoms with Crippen LogP contribution in [-0.2, 0) is 11.3 Å². The van der Waals surface area contributed by atoms with Gasteiger partial charge in [0.2, 0.25) is 11.7 Å². The summed E-state index contributed by atoms with van der Waals surface area (Å²) in [6, 6.07) is 22.1. The first-order valence-corrected chi connectivity index (χ1v) is 13.4. The molecule has 38 heavy (non-hydrogen) atoms. The lowest BCUT2D eigenvalue weighted by atomic mass is 9.95. The van der Waals surface area contributed by atoms with Crippen molar-refractivity contribution in [3.8, 4) is 0 Å². The highest BCUT2D eigenvalue weighted by atomic mass is 16.2. The van der Waals surface area contributed by atoms with Gasteiger partial charge in [0.05, 0.1) is 11.0 Å². The van der Waals surface area contributed by atoms with Gasteiger partial charge in [0.15, 0.2) is 0 Å². The van der Waals surface area contributed by atoms with E-state index in [0.29, 0.717) is 38.3 Å². The van der Waals surface area contributed by atoms with Crippen LogP contribution in [0.3, 0.4) is 0 Å². The Morgan fingerprint density at radius 1 is 0.763 bits per heavy atom. The van der Waals surface area contributed by atoms with Crippen LogP contribution < -0.4 is 4.90 Å². The minimum absolute atomic E-state index is 0.0327. The number of amides is 2. The van der Waals surface area contributed by atoms with Crippen LogP contribution in [0.15, 0.2) is 79.1 Å². The summed E-state index contributed by atoms with van der Waals surface area (Å²) in [5, 5.41) is 0. The van der Waals surface area contributed by atoms with Crippen LogP contribution in [0, 0.1) is 5.92 Å². The van der Waals surface area contributed by atoms with Crippen molar-refractivity contribution in [2.24, 2.45) is 5.92 Å². The third-order valence-corrected chi connectivity index (χ3v) is 7.78. The van der Waals surface area contributed by atoms with Gasteiger partial charge in [-0.2, -0.15) is 0 Å². The molecule has 8 heteroatoms. The molecule has 4 aromatic rings. The maximum absolute atomic E-state index is 13.7. The number of hydrogen-bond acceptors (Lipinski definition) is 5. The van der Waals surface area contributed by atoms with E-state index in [0.717, 1.165) is 48.5 Å². The second kappa shape index (κ2) is 10.7. The second-order valence-electron chi connectivity index (χ2n) is 10.1. The molecule has 2 aliphatic rings. The normalized spacial score (nSPS) is 16.7. The monoisotopic (exact) mass is 508 g/mol. The Hall–Kier alpha value is -4.20. The number of piperazine rings is 1. The van der Waals surface area contributed by atoms with Gasteiger partial charge in [-0.15, -0.1) is 0 Å². The number of aromatic nitrogens is 3. The summed E-state index contributed by atoms with van der Waals surface area (Å²) in [5.74, 6) is 0.596. The molecule has 6 rings (SSSR count). The SMILES string of the molecule is O=C(c1nc2ccccc2n1Cc1ccccc1)N1CCC(C(=O)N2CCN(c3ccncc3)CC2)CC1. The molecule has 0 atom stereocenters. The number of likely N-dealkylation sites (tertiary alicyclic amines) is 1. The zero-order valence-electron chi connectivity index (χ0n) is 21.4. The average Bonchev–Trinajstić information content (AvgIpc) is 3.36. The number of rotatable bonds is 5. The summed E-state index contributed by atoms with van der Waals surface area (Å²) in [7, 11) is 0. The summed E-state index contributed by atoms with van der Waals surface area (Å²) in [4.78, 5) is 42.0. The number of pyridine rings is 1. The Morgan fingerprint density at radius 3 is 2.18 bits per heavy atom. The molecule has 0 saturated carbocycles. The number of carbonyl (C=O) groups excluding carboxylic acids is 2. The molecule has 2 aliphatic heterocycles. The summed E-state index contributed by atoms with van der Waals surface area (Å²) < 4.78 is 2.02. The van der Waals surface area contributed by atoms with Crippen molar-refractivity contribution in [1.82, 2.24) is 24.3 Å². The Balaban J connectivity index is 1.10. The Labute approximate surface area is 222 Å². The maximum atomic E-state index is 13.7. The lowest BCUT2D eigenvalue weighted by molar-refractivity contribution is -0.137. The third kappa shape index (κ3) is 4.86. The van der Waals surface area contributed by atoms with Gasteiger partial charge in [-0.3, -0.25) is 14.6 Å². The van der Waals surface area contributed by atoms with E-state index in [9.17, 15) is 9.59 Å². The lowest BCUT2D eigenvalue weighted by Gasteiger charge is -2.39. The number of para-hydroxylation sites is 2. The maximum Gasteiger partial charge on any atom is 0.289 e. The van der Waals surface area contributed by atoms with Gasteiger partial charge in [-0.1, -0.05) is 42.5 Å². The third-order valence-electron chi connectivity index (χ3n) is 7.78. The molecular formula is C30H32N6O2. The molecule has 2 amide bonds. The number of piperidine rings is 1. The molecule has 194 valence electrons. The highest BCUT2D eigenvalue weighted by Gasteiger charge is 2.33. The van der Waals surface area contributed by atoms with E-state index in [4.69, 9.17) is 4.98 Å². The van der Waals surface area contributed by atoms with Crippen molar-refractivity contribution < 1.29 is 9.59 Å². The number of anilines is 1. The molecule has 0 radical (unpaired) electrons. The molecule has 0 unspecified atom stereocenters. The molecule has 8 nitrogen and oxygen atoms in total. The smallest absolute Gasteiger partial charge is 0.289 e. The highest BCUT2D eigenvalue weighted by Crippen LogP contribution is 2.25. The molecular weight excluding hydrogens is 476 g/mol. The molecule has 0 aliphatic carbocycles. The lowest BCUT2D eigenvalue weighted by Crippen LogP contribution is -2.52. The number of fused-ring (bicyclic) bond motifs is 1. The molecule has 0 bridgehead atoms. The van der Waals surface area contributed by atoms with E-state index in [1.165, 1.54) is 0 Å². The van der Waals surface area contributed by atoms with Crippen molar-refractivity contribution in [3.05, 3.63) is 90.5 Å². The average molecular weight is 509 g/mol. The van der Waals surface area contributed by atoms with Gasteiger partial charge in [0.25, 0.3) is 5.91 Å². The van der Waals surface area contributed by atoms with Crippen molar-refractivity contribution in [3.63, 3.8) is 0 Å². The summed E-state index contributed by atoms with van der Waals surface area (Å²) >= 11 is 0. The highest BCUT2D eigenvalue weighted by molar-refractivity contribution is 5.95. The Bertz CT molecular complexity index is 1400. The van der Waals surface area contributed by atoms with Gasteiger partial charge < -0.3 is 19.3 Å². The minimum Gasteiger partial charge on any atom is -0.368 e. The summed E-state index contributed by atoms with van der Waals surface area (Å²) in [6.45, 7) is 4.83. The predicted molar refractivity (Wildman–Crippen MR) is 147 cm³/mol. The minimum atomic E-state index is -0.0611. The van der Waals surface area contributed by atoms with Crippen LogP contribution in [0.4, 0.5) is 5.69 Å². The van der Waals surface area contributed by atoms with Gasteiger partial charge in [0.1, 0.15) is 0 Å². The van der Waals surface area contributed by atoms with Crippen molar-refractivity contribution in [2.75, 3.05) is 44.2 Å². The van der Waals surface area contributed by atoms with Crippen molar-refractivity contribution in [1.29, 1.82) is 0 Å². The van der Waals surface area contributed by atoms with E-state index < -0.39 is 0 Å². The van der Waals surface area contributed by atoms with E-state index >= 15 is 0 Å². The number of nitrogens with zero attached hydrogens (tertiary/aromatic N) is 6. The Kier molecular flexibility index (Phi) is 6.77. The Morgan fingerprint density at radius 2 is 1.45 bits per heavy atom. The molecule has 2 fully saturated rings. The number of imidazole rings is 1. The van der Waals surface area contributed by atoms with Crippen LogP contribution in [0.1, 0.15) is 29.0 Å². The van der Waals surface area contributed by atoms with Crippen LogP contribution in [0.5, 0.6) is 0 Å². The van der Waals surface area contributed by atoms with Crippen molar-refractivity contribution >= 4 is 28.5 Å². The first-order valence-electron chi connectivity index (χ1n) is 13.4. The predicted octanol–water partition coefficient (Wildman–Crippen LogP) is 3.68. The van der Waals surface area contributed by atoms with E-state index in [1.54, 1.807) is 12.4 Å². The molecule has 2 aromatic heterocycles. The molecule has 2 saturated heterocycles. The molecule has 0 N–H and O–H groups in total. The number of carbonyl (C=O) groups is 2.